The summed E-state index contributed by atoms with van der Waals surface area (Å²) in [7, 11) is -2.85. The van der Waals surface area contributed by atoms with E-state index >= 15 is 0 Å². The molecule has 5 heteroatoms. The monoisotopic (exact) mass is 304 g/mol. The van der Waals surface area contributed by atoms with E-state index in [1.54, 1.807) is 0 Å². The van der Waals surface area contributed by atoms with Gasteiger partial charge in [0.05, 0.1) is 5.75 Å². The van der Waals surface area contributed by atoms with Crippen molar-refractivity contribution < 1.29 is 8.42 Å². The molecular weight excluding hydrogens is 272 g/mol. The molecule has 1 aliphatic heterocycles. The predicted octanol–water partition coefficient (Wildman–Crippen LogP) is 1.91. The van der Waals surface area contributed by atoms with Gasteiger partial charge in [0.1, 0.15) is 9.84 Å². The Morgan fingerprint density at radius 3 is 2.40 bits per heavy atom. The molecule has 20 heavy (non-hydrogen) atoms. The van der Waals surface area contributed by atoms with Gasteiger partial charge in [0.15, 0.2) is 0 Å². The van der Waals surface area contributed by atoms with Gasteiger partial charge in [-0.3, -0.25) is 4.90 Å². The Morgan fingerprint density at radius 2 is 1.95 bits per heavy atom. The van der Waals surface area contributed by atoms with E-state index in [1.165, 1.54) is 6.26 Å². The van der Waals surface area contributed by atoms with Crippen LogP contribution in [0.5, 0.6) is 0 Å². The summed E-state index contributed by atoms with van der Waals surface area (Å²) in [4.78, 5) is 2.49. The van der Waals surface area contributed by atoms with Crippen LogP contribution >= 0.6 is 0 Å². The summed E-state index contributed by atoms with van der Waals surface area (Å²) in [6.45, 7) is 14.1. The van der Waals surface area contributed by atoms with Crippen LogP contribution in [0.3, 0.4) is 0 Å². The molecular formula is C15H32N2O2S. The van der Waals surface area contributed by atoms with Crippen molar-refractivity contribution in [3.63, 3.8) is 0 Å². The molecule has 120 valence electrons. The second-order valence-corrected chi connectivity index (χ2v) is 9.84. The van der Waals surface area contributed by atoms with Gasteiger partial charge >= 0.3 is 0 Å². The first kappa shape index (κ1) is 17.9. The maximum atomic E-state index is 11.3. The number of sulfone groups is 1. The molecule has 0 aromatic rings. The van der Waals surface area contributed by atoms with Gasteiger partial charge in [-0.2, -0.15) is 0 Å². The summed E-state index contributed by atoms with van der Waals surface area (Å²) in [5, 5.41) is 3.68. The van der Waals surface area contributed by atoms with Crippen LogP contribution in [0.1, 0.15) is 47.5 Å². The third-order valence-corrected chi connectivity index (χ3v) is 5.68. The highest BCUT2D eigenvalue weighted by molar-refractivity contribution is 7.90. The van der Waals surface area contributed by atoms with E-state index in [-0.39, 0.29) is 16.7 Å². The second-order valence-electron chi connectivity index (χ2n) is 7.58. The molecule has 0 spiro atoms. The molecule has 0 saturated carbocycles. The Hall–Kier alpha value is -0.130. The van der Waals surface area contributed by atoms with Gasteiger partial charge < -0.3 is 5.32 Å². The number of hydrogen-bond donors (Lipinski definition) is 1. The number of nitrogens with one attached hydrogen (secondary N) is 1. The van der Waals surface area contributed by atoms with Gasteiger partial charge in [-0.1, -0.05) is 27.7 Å². The van der Waals surface area contributed by atoms with Gasteiger partial charge in [0, 0.05) is 30.9 Å². The molecule has 4 nitrogen and oxygen atoms in total. The lowest BCUT2D eigenvalue weighted by Crippen LogP contribution is -2.65. The van der Waals surface area contributed by atoms with Crippen LogP contribution in [0.15, 0.2) is 0 Å². The van der Waals surface area contributed by atoms with E-state index in [1.807, 2.05) is 0 Å². The summed E-state index contributed by atoms with van der Waals surface area (Å²) in [6.07, 6.45) is 3.13. The largest absolute Gasteiger partial charge is 0.310 e. The molecule has 0 aromatic carbocycles. The molecule has 1 fully saturated rings. The highest BCUT2D eigenvalue weighted by Gasteiger charge is 2.39. The molecule has 1 N–H and O–H groups in total. The molecule has 0 aliphatic carbocycles. The fourth-order valence-corrected chi connectivity index (χ4v) is 3.42. The summed E-state index contributed by atoms with van der Waals surface area (Å²) >= 11 is 0. The van der Waals surface area contributed by atoms with E-state index in [4.69, 9.17) is 0 Å². The van der Waals surface area contributed by atoms with Crippen LogP contribution in [-0.4, -0.2) is 56.5 Å². The topological polar surface area (TPSA) is 49.4 Å². The van der Waals surface area contributed by atoms with Gasteiger partial charge in [-0.15, -0.1) is 0 Å². The Balaban J connectivity index is 2.70. The van der Waals surface area contributed by atoms with Crippen LogP contribution in [0.25, 0.3) is 0 Å². The van der Waals surface area contributed by atoms with Crippen molar-refractivity contribution in [1.29, 1.82) is 0 Å². The van der Waals surface area contributed by atoms with E-state index in [9.17, 15) is 8.42 Å². The average Bonchev–Trinajstić information content (AvgIpc) is 2.28. The predicted molar refractivity (Wildman–Crippen MR) is 85.8 cm³/mol. The van der Waals surface area contributed by atoms with Crippen LogP contribution in [0, 0.1) is 5.41 Å². The van der Waals surface area contributed by atoms with Gasteiger partial charge in [0.2, 0.25) is 0 Å². The first-order chi connectivity index (χ1) is 8.98. The molecule has 2 unspecified atom stereocenters. The molecule has 0 radical (unpaired) electrons. The number of nitrogens with zero attached hydrogens (tertiary/aromatic N) is 1. The number of rotatable bonds is 5. The summed E-state index contributed by atoms with van der Waals surface area (Å²) in [6, 6.07) is 0.459. The minimum absolute atomic E-state index is 0.138. The summed E-state index contributed by atoms with van der Waals surface area (Å²) in [5.41, 5.74) is 0.364. The SMILES string of the molecule is CCC1(C)CNC(C(C)(C)C)CN1CCCS(C)(=O)=O. The molecule has 2 atom stereocenters. The van der Waals surface area contributed by atoms with E-state index < -0.39 is 9.84 Å². The second kappa shape index (κ2) is 6.32. The van der Waals surface area contributed by atoms with Crippen LogP contribution < -0.4 is 5.32 Å². The van der Waals surface area contributed by atoms with Gasteiger partial charge in [-0.25, -0.2) is 8.42 Å². The molecule has 1 aliphatic rings. The summed E-state index contributed by atoms with van der Waals surface area (Å²) < 4.78 is 22.6. The fraction of sp³-hybridized carbons (Fsp3) is 1.00. The standard InChI is InChI=1S/C15H32N2O2S/c1-7-15(5)12-16-13(14(2,3)4)11-17(15)9-8-10-20(6,18)19/h13,16H,7-12H2,1-6H3. The maximum absolute atomic E-state index is 11.3. The van der Waals surface area contributed by atoms with E-state index in [2.05, 4.69) is 44.8 Å². The van der Waals surface area contributed by atoms with Crippen molar-refractivity contribution >= 4 is 9.84 Å². The zero-order valence-corrected chi connectivity index (χ0v) is 14.8. The molecule has 0 aromatic heterocycles. The van der Waals surface area contributed by atoms with Crippen molar-refractivity contribution in [2.24, 2.45) is 5.41 Å². The third-order valence-electron chi connectivity index (χ3n) is 4.65. The van der Waals surface area contributed by atoms with E-state index in [0.717, 1.165) is 32.5 Å². The van der Waals surface area contributed by atoms with Crippen LogP contribution in [-0.2, 0) is 9.84 Å². The number of piperazine rings is 1. The molecule has 1 saturated heterocycles. The molecule has 1 heterocycles. The number of hydrogen-bond acceptors (Lipinski definition) is 4. The van der Waals surface area contributed by atoms with Crippen molar-refractivity contribution in [3.8, 4) is 0 Å². The Bertz CT molecular complexity index is 414. The highest BCUT2D eigenvalue weighted by atomic mass is 32.2. The summed E-state index contributed by atoms with van der Waals surface area (Å²) in [5.74, 6) is 0.289. The Morgan fingerprint density at radius 1 is 1.35 bits per heavy atom. The smallest absolute Gasteiger partial charge is 0.147 e. The van der Waals surface area contributed by atoms with Crippen LogP contribution in [0.2, 0.25) is 0 Å². The highest BCUT2D eigenvalue weighted by Crippen LogP contribution is 2.29. The first-order valence-corrected chi connectivity index (χ1v) is 9.70. The Kier molecular flexibility index (Phi) is 5.67. The third kappa shape index (κ3) is 5.01. The van der Waals surface area contributed by atoms with Gasteiger partial charge in [-0.05, 0) is 31.7 Å². The first-order valence-electron chi connectivity index (χ1n) is 7.64. The lowest BCUT2D eigenvalue weighted by atomic mass is 9.81. The van der Waals surface area contributed by atoms with Crippen LogP contribution in [0.4, 0.5) is 0 Å². The van der Waals surface area contributed by atoms with Gasteiger partial charge in [0.25, 0.3) is 0 Å². The van der Waals surface area contributed by atoms with E-state index in [0.29, 0.717) is 6.04 Å². The lowest BCUT2D eigenvalue weighted by Gasteiger charge is -2.51. The van der Waals surface area contributed by atoms with Crippen molar-refractivity contribution in [2.75, 3.05) is 31.6 Å². The molecule has 0 bridgehead atoms. The minimum atomic E-state index is -2.85. The molecule has 1 rings (SSSR count). The Labute approximate surface area is 125 Å². The zero-order chi connectivity index (χ0) is 15.6. The van der Waals surface area contributed by atoms with Crippen molar-refractivity contribution in [1.82, 2.24) is 10.2 Å². The molecule has 0 amide bonds. The maximum Gasteiger partial charge on any atom is 0.147 e. The van der Waals surface area contributed by atoms with Crippen molar-refractivity contribution in [2.45, 2.75) is 59.0 Å². The normalized spacial score (nSPS) is 29.6. The fourth-order valence-electron chi connectivity index (χ4n) is 2.77. The quantitative estimate of drug-likeness (QED) is 0.843. The lowest BCUT2D eigenvalue weighted by molar-refractivity contribution is 0.0224. The van der Waals surface area contributed by atoms with Crippen molar-refractivity contribution in [3.05, 3.63) is 0 Å². The average molecular weight is 304 g/mol. The zero-order valence-electron chi connectivity index (χ0n) is 14.0. The minimum Gasteiger partial charge on any atom is -0.310 e.